The van der Waals surface area contributed by atoms with Crippen molar-refractivity contribution in [3.8, 4) is 0 Å². The Hall–Kier alpha value is -1.72. The Morgan fingerprint density at radius 3 is 1.65 bits per heavy atom. The van der Waals surface area contributed by atoms with Gasteiger partial charge in [-0.1, -0.05) is 0 Å². The molecular weight excluding hydrogens is 228 g/mol. The van der Waals surface area contributed by atoms with E-state index in [0.717, 1.165) is 0 Å². The number of Topliss-reactive ketones (excluding diaryl/α,β-unsaturated/α-hetero) is 2. The van der Waals surface area contributed by atoms with Gasteiger partial charge in [-0.15, -0.1) is 0 Å². The number of hydrogen-bond acceptors (Lipinski definition) is 6. The molecule has 4 bridgehead atoms. The molecule has 0 heterocycles. The summed E-state index contributed by atoms with van der Waals surface area (Å²) in [6.45, 7) is 0. The van der Waals surface area contributed by atoms with Gasteiger partial charge in [0.1, 0.15) is 0 Å². The summed E-state index contributed by atoms with van der Waals surface area (Å²) >= 11 is 0. The molecule has 0 aromatic heterocycles. The van der Waals surface area contributed by atoms with Gasteiger partial charge in [-0.3, -0.25) is 19.2 Å². The lowest BCUT2D eigenvalue weighted by atomic mass is 9.27. The minimum absolute atomic E-state index is 0.187. The summed E-state index contributed by atoms with van der Waals surface area (Å²) in [4.78, 5) is 46.7. The predicted octanol–water partition coefficient (Wildman–Crippen LogP) is -0.893. The number of methoxy groups -OCH3 is 2. The second kappa shape index (κ2) is 2.57. The van der Waals surface area contributed by atoms with Gasteiger partial charge in [0.25, 0.3) is 0 Å². The number of carbonyl (C=O) groups is 4. The SMILES string of the molecule is COC(=O)C12CC3(C(=O)OC)C1C(=O)C(=O)C23. The predicted molar refractivity (Wildman–Crippen MR) is 50.5 cm³/mol. The average molecular weight is 238 g/mol. The fraction of sp³-hybridized carbons (Fsp3) is 0.636. The normalized spacial score (nSPS) is 44.8. The molecule has 5 aliphatic carbocycles. The summed E-state index contributed by atoms with van der Waals surface area (Å²) in [6, 6.07) is 0. The van der Waals surface area contributed by atoms with E-state index in [1.54, 1.807) is 0 Å². The maximum Gasteiger partial charge on any atom is 0.313 e. The lowest BCUT2D eigenvalue weighted by Gasteiger charge is -2.70. The van der Waals surface area contributed by atoms with Gasteiger partial charge in [0.15, 0.2) is 0 Å². The summed E-state index contributed by atoms with van der Waals surface area (Å²) in [6.07, 6.45) is 0.187. The van der Waals surface area contributed by atoms with Gasteiger partial charge in [-0.2, -0.15) is 0 Å². The fourth-order valence-corrected chi connectivity index (χ4v) is 4.00. The number of ketones is 2. The molecule has 0 atom stereocenters. The summed E-state index contributed by atoms with van der Waals surface area (Å²) in [5.41, 5.74) is -2.14. The molecule has 6 nitrogen and oxygen atoms in total. The Kier molecular flexibility index (Phi) is 1.58. The zero-order valence-electron chi connectivity index (χ0n) is 9.31. The van der Waals surface area contributed by atoms with Crippen molar-refractivity contribution in [1.82, 2.24) is 0 Å². The van der Waals surface area contributed by atoms with E-state index in [-0.39, 0.29) is 6.42 Å². The second-order valence-electron chi connectivity index (χ2n) is 4.84. The molecule has 0 N–H and O–H groups in total. The molecule has 0 unspecified atom stereocenters. The zero-order chi connectivity index (χ0) is 12.6. The highest BCUT2D eigenvalue weighted by atomic mass is 16.5. The van der Waals surface area contributed by atoms with Crippen LogP contribution in [0.1, 0.15) is 6.42 Å². The van der Waals surface area contributed by atoms with Crippen LogP contribution >= 0.6 is 0 Å². The maximum absolute atomic E-state index is 11.7. The van der Waals surface area contributed by atoms with Crippen molar-refractivity contribution < 1.29 is 28.7 Å². The summed E-state index contributed by atoms with van der Waals surface area (Å²) in [5.74, 6) is -4.11. The molecule has 0 amide bonds. The van der Waals surface area contributed by atoms with E-state index in [9.17, 15) is 19.2 Å². The van der Waals surface area contributed by atoms with Crippen LogP contribution in [0.3, 0.4) is 0 Å². The largest absolute Gasteiger partial charge is 0.469 e. The molecule has 6 heteroatoms. The first-order valence-corrected chi connectivity index (χ1v) is 5.23. The third kappa shape index (κ3) is 0.680. The number of fused-ring (bicyclic) bond motifs is 1. The Morgan fingerprint density at radius 2 is 1.35 bits per heavy atom. The van der Waals surface area contributed by atoms with Crippen LogP contribution in [-0.2, 0) is 28.7 Å². The Morgan fingerprint density at radius 1 is 1.00 bits per heavy atom. The number of ether oxygens (including phenoxy) is 2. The third-order valence-electron chi connectivity index (χ3n) is 4.54. The van der Waals surface area contributed by atoms with Gasteiger partial charge in [0, 0.05) is 0 Å². The number of hydrogen-bond donors (Lipinski definition) is 0. The van der Waals surface area contributed by atoms with Crippen molar-refractivity contribution in [3.63, 3.8) is 0 Å². The van der Waals surface area contributed by atoms with Crippen LogP contribution in [0.25, 0.3) is 0 Å². The molecule has 5 rings (SSSR count). The van der Waals surface area contributed by atoms with Gasteiger partial charge in [0.2, 0.25) is 11.6 Å². The van der Waals surface area contributed by atoms with Crippen LogP contribution in [0.5, 0.6) is 0 Å². The lowest BCUT2D eigenvalue weighted by Crippen LogP contribution is -2.80. The smallest absolute Gasteiger partial charge is 0.313 e. The molecule has 5 saturated carbocycles. The molecular formula is C11H10O6. The summed E-state index contributed by atoms with van der Waals surface area (Å²) in [5, 5.41) is 0. The molecule has 0 aromatic carbocycles. The molecule has 0 spiro atoms. The fourth-order valence-electron chi connectivity index (χ4n) is 4.00. The Labute approximate surface area is 96.2 Å². The van der Waals surface area contributed by atoms with E-state index in [1.165, 1.54) is 14.2 Å². The van der Waals surface area contributed by atoms with Crippen molar-refractivity contribution in [2.75, 3.05) is 14.2 Å². The van der Waals surface area contributed by atoms with Gasteiger partial charge >= 0.3 is 11.9 Å². The van der Waals surface area contributed by atoms with Crippen LogP contribution in [0, 0.1) is 22.7 Å². The minimum Gasteiger partial charge on any atom is -0.469 e. The first kappa shape index (κ1) is 10.4. The van der Waals surface area contributed by atoms with Gasteiger partial charge in [-0.05, 0) is 6.42 Å². The first-order valence-electron chi connectivity index (χ1n) is 5.23. The van der Waals surface area contributed by atoms with E-state index in [0.29, 0.717) is 0 Å². The molecule has 0 saturated heterocycles. The van der Waals surface area contributed by atoms with E-state index in [4.69, 9.17) is 0 Å². The topological polar surface area (TPSA) is 86.7 Å². The summed E-state index contributed by atoms with van der Waals surface area (Å²) in [7, 11) is 2.42. The van der Waals surface area contributed by atoms with Crippen LogP contribution in [0.2, 0.25) is 0 Å². The first-order chi connectivity index (χ1) is 7.98. The molecule has 17 heavy (non-hydrogen) atoms. The quantitative estimate of drug-likeness (QED) is 0.458. The van der Waals surface area contributed by atoms with Crippen LogP contribution in [0.4, 0.5) is 0 Å². The zero-order valence-corrected chi connectivity index (χ0v) is 9.31. The highest BCUT2D eigenvalue weighted by Crippen LogP contribution is 2.85. The van der Waals surface area contributed by atoms with E-state index < -0.39 is 46.2 Å². The Bertz CT molecular complexity index is 438. The highest BCUT2D eigenvalue weighted by molar-refractivity contribution is 6.48. The number of carbonyl (C=O) groups excluding carboxylic acids is 4. The molecule has 0 aliphatic heterocycles. The van der Waals surface area contributed by atoms with Gasteiger partial charge in [0.05, 0.1) is 36.9 Å². The molecule has 0 aromatic rings. The van der Waals surface area contributed by atoms with Crippen molar-refractivity contribution in [2.24, 2.45) is 22.7 Å². The lowest BCUT2D eigenvalue weighted by molar-refractivity contribution is -0.281. The van der Waals surface area contributed by atoms with Crippen molar-refractivity contribution in [1.29, 1.82) is 0 Å². The standard InChI is InChI=1S/C11H10O6/c1-16-8(14)10-3-11(9(15)17-2)6(10)4(12)5(13)7(10)11/h6-7H,3H2,1-2H3. The van der Waals surface area contributed by atoms with Gasteiger partial charge in [-0.25, -0.2) is 0 Å². The molecule has 0 radical (unpaired) electrons. The van der Waals surface area contributed by atoms with E-state index in [1.807, 2.05) is 0 Å². The molecule has 5 fully saturated rings. The van der Waals surface area contributed by atoms with E-state index >= 15 is 0 Å². The van der Waals surface area contributed by atoms with Gasteiger partial charge < -0.3 is 9.47 Å². The monoisotopic (exact) mass is 238 g/mol. The van der Waals surface area contributed by atoms with Crippen molar-refractivity contribution in [3.05, 3.63) is 0 Å². The second-order valence-corrected chi connectivity index (χ2v) is 4.84. The van der Waals surface area contributed by atoms with Crippen molar-refractivity contribution >= 4 is 23.5 Å². The number of esters is 2. The van der Waals surface area contributed by atoms with E-state index in [2.05, 4.69) is 9.47 Å². The van der Waals surface area contributed by atoms with Crippen LogP contribution in [0.15, 0.2) is 0 Å². The minimum atomic E-state index is -1.07. The molecule has 90 valence electrons. The third-order valence-corrected chi connectivity index (χ3v) is 4.54. The summed E-state index contributed by atoms with van der Waals surface area (Å²) < 4.78 is 9.27. The van der Waals surface area contributed by atoms with Crippen LogP contribution < -0.4 is 0 Å². The average Bonchev–Trinajstić information content (AvgIpc) is 2.56. The molecule has 5 aliphatic rings. The van der Waals surface area contributed by atoms with Crippen molar-refractivity contribution in [2.45, 2.75) is 6.42 Å². The number of rotatable bonds is 2. The highest BCUT2D eigenvalue weighted by Gasteiger charge is 2.98. The Balaban J connectivity index is 2.06. The van der Waals surface area contributed by atoms with Crippen LogP contribution in [-0.4, -0.2) is 37.7 Å². The maximum atomic E-state index is 11.7.